The van der Waals surface area contributed by atoms with Crippen molar-refractivity contribution in [3.05, 3.63) is 12.2 Å². The number of carbonyl (C=O) groups excluding carboxylic acids is 1. The molecule has 1 atom stereocenters. The summed E-state index contributed by atoms with van der Waals surface area (Å²) in [6.07, 6.45) is 11.5. The van der Waals surface area contributed by atoms with Gasteiger partial charge in [-0.15, -0.1) is 11.8 Å². The fourth-order valence-electron chi connectivity index (χ4n) is 2.26. The molecule has 0 amide bonds. The smallest absolute Gasteiger partial charge is 0.305 e. The van der Waals surface area contributed by atoms with E-state index in [-0.39, 0.29) is 17.1 Å². The molecule has 31 heavy (non-hydrogen) atoms. The van der Waals surface area contributed by atoms with Gasteiger partial charge in [-0.3, -0.25) is 4.79 Å². The minimum atomic E-state index is -1.93. The Balaban J connectivity index is 4.82. The molecule has 0 aromatic heterocycles. The number of esters is 1. The maximum Gasteiger partial charge on any atom is 0.305 e. The summed E-state index contributed by atoms with van der Waals surface area (Å²) < 4.78 is 11.1. The van der Waals surface area contributed by atoms with Crippen molar-refractivity contribution in [2.45, 2.75) is 110 Å². The second kappa shape index (κ2) is 16.7. The quantitative estimate of drug-likeness (QED) is 0.125. The second-order valence-corrected chi connectivity index (χ2v) is 13.8. The zero-order valence-electron chi connectivity index (χ0n) is 20.8. The van der Waals surface area contributed by atoms with Crippen LogP contribution in [0.4, 0.5) is 0 Å². The van der Waals surface area contributed by atoms with Crippen LogP contribution in [0.25, 0.3) is 0 Å². The molecule has 0 fully saturated rings. The average molecular weight is 443 g/mol. The molecule has 0 saturated heterocycles. The standard InChI is InChI=1S/C27H42O3Si/c1-8-9-10-11-12-13-16-19-22-25(30-31(6,7)27(2,3)4)23-20-17-14-15-18-21-24-26(28)29-5/h19,22,25H,8-11,16-18,21,24H2,1-7H3/b22-19+. The first-order valence-electron chi connectivity index (χ1n) is 11.4. The van der Waals surface area contributed by atoms with Gasteiger partial charge >= 0.3 is 5.97 Å². The molecule has 172 valence electrons. The van der Waals surface area contributed by atoms with Gasteiger partial charge in [0, 0.05) is 25.7 Å². The van der Waals surface area contributed by atoms with Crippen molar-refractivity contribution in [1.29, 1.82) is 0 Å². The van der Waals surface area contributed by atoms with Crippen LogP contribution in [-0.2, 0) is 14.0 Å². The lowest BCUT2D eigenvalue weighted by atomic mass is 10.2. The van der Waals surface area contributed by atoms with E-state index in [1.54, 1.807) is 0 Å². The Kier molecular flexibility index (Phi) is 15.7. The third-order valence-corrected chi connectivity index (χ3v) is 9.70. The number of carbonyl (C=O) groups is 1. The summed E-state index contributed by atoms with van der Waals surface area (Å²) in [6, 6.07) is 0. The second-order valence-electron chi connectivity index (χ2n) is 9.02. The Morgan fingerprint density at radius 3 is 2.32 bits per heavy atom. The first-order valence-corrected chi connectivity index (χ1v) is 14.4. The molecule has 0 saturated carbocycles. The summed E-state index contributed by atoms with van der Waals surface area (Å²) in [7, 11) is -0.525. The summed E-state index contributed by atoms with van der Waals surface area (Å²) in [5.41, 5.74) is 0. The summed E-state index contributed by atoms with van der Waals surface area (Å²) in [5, 5.41) is 0.124. The summed E-state index contributed by atoms with van der Waals surface area (Å²) in [6.45, 7) is 13.4. The zero-order chi connectivity index (χ0) is 23.6. The first kappa shape index (κ1) is 29.1. The molecule has 0 spiro atoms. The van der Waals surface area contributed by atoms with E-state index in [1.165, 1.54) is 26.4 Å². The molecule has 0 heterocycles. The van der Waals surface area contributed by atoms with E-state index >= 15 is 0 Å². The van der Waals surface area contributed by atoms with E-state index < -0.39 is 8.32 Å². The molecule has 0 aliphatic heterocycles. The average Bonchev–Trinajstić information content (AvgIpc) is 2.70. The summed E-state index contributed by atoms with van der Waals surface area (Å²) in [5.74, 6) is 18.8. The van der Waals surface area contributed by atoms with Crippen LogP contribution in [0.5, 0.6) is 0 Å². The normalized spacial score (nSPS) is 12.1. The number of rotatable bonds is 10. The van der Waals surface area contributed by atoms with Gasteiger partial charge in [0.15, 0.2) is 8.32 Å². The van der Waals surface area contributed by atoms with Crippen molar-refractivity contribution < 1.29 is 14.0 Å². The van der Waals surface area contributed by atoms with Gasteiger partial charge in [-0.2, -0.15) is 0 Å². The molecular weight excluding hydrogens is 400 g/mol. The zero-order valence-corrected chi connectivity index (χ0v) is 21.8. The molecule has 0 radical (unpaired) electrons. The fraction of sp³-hybridized carbons (Fsp3) is 0.667. The molecule has 0 rings (SSSR count). The molecule has 0 aliphatic carbocycles. The van der Waals surface area contributed by atoms with Crippen LogP contribution in [0.15, 0.2) is 12.2 Å². The Hall–Kier alpha value is -1.93. The predicted octanol–water partition coefficient (Wildman–Crippen LogP) is 6.65. The van der Waals surface area contributed by atoms with Crippen molar-refractivity contribution in [2.24, 2.45) is 0 Å². The number of hydrogen-bond donors (Lipinski definition) is 0. The van der Waals surface area contributed by atoms with Crippen molar-refractivity contribution in [2.75, 3.05) is 7.11 Å². The SMILES string of the molecule is CCCCCC#CC/C=C/C(C#CCC#CCCCC(=O)OC)O[Si](C)(C)C(C)(C)C. The molecule has 0 aromatic rings. The fourth-order valence-corrected chi connectivity index (χ4v) is 3.38. The van der Waals surface area contributed by atoms with Crippen LogP contribution in [-0.4, -0.2) is 27.5 Å². The molecule has 0 aromatic carbocycles. The van der Waals surface area contributed by atoms with Gasteiger partial charge < -0.3 is 9.16 Å². The highest BCUT2D eigenvalue weighted by Crippen LogP contribution is 2.37. The van der Waals surface area contributed by atoms with Crippen LogP contribution in [0, 0.1) is 35.5 Å². The summed E-state index contributed by atoms with van der Waals surface area (Å²) >= 11 is 0. The monoisotopic (exact) mass is 442 g/mol. The first-order chi connectivity index (χ1) is 14.6. The Morgan fingerprint density at radius 2 is 1.68 bits per heavy atom. The van der Waals surface area contributed by atoms with Gasteiger partial charge in [0.2, 0.25) is 0 Å². The maximum atomic E-state index is 11.1. The lowest BCUT2D eigenvalue weighted by Gasteiger charge is -2.37. The highest BCUT2D eigenvalue weighted by molar-refractivity contribution is 6.74. The van der Waals surface area contributed by atoms with Crippen molar-refractivity contribution in [3.63, 3.8) is 0 Å². The van der Waals surface area contributed by atoms with Gasteiger partial charge in [0.05, 0.1) is 13.5 Å². The van der Waals surface area contributed by atoms with E-state index in [2.05, 4.69) is 87.1 Å². The lowest BCUT2D eigenvalue weighted by molar-refractivity contribution is -0.140. The number of unbranched alkanes of at least 4 members (excludes halogenated alkanes) is 4. The molecule has 1 unspecified atom stereocenters. The van der Waals surface area contributed by atoms with Crippen LogP contribution in [0.2, 0.25) is 18.1 Å². The lowest BCUT2D eigenvalue weighted by Crippen LogP contribution is -2.43. The Bertz CT molecular complexity index is 724. The van der Waals surface area contributed by atoms with E-state index in [0.717, 1.165) is 12.8 Å². The van der Waals surface area contributed by atoms with E-state index in [9.17, 15) is 4.79 Å². The number of methoxy groups -OCH3 is 1. The van der Waals surface area contributed by atoms with E-state index in [1.807, 2.05) is 6.08 Å². The minimum absolute atomic E-state index is 0.124. The molecule has 4 heteroatoms. The van der Waals surface area contributed by atoms with Gasteiger partial charge in [-0.25, -0.2) is 0 Å². The summed E-state index contributed by atoms with van der Waals surface area (Å²) in [4.78, 5) is 11.1. The number of allylic oxidation sites excluding steroid dienone is 1. The van der Waals surface area contributed by atoms with Crippen molar-refractivity contribution in [3.8, 4) is 35.5 Å². The highest BCUT2D eigenvalue weighted by Gasteiger charge is 2.38. The Labute approximate surface area is 192 Å². The van der Waals surface area contributed by atoms with Crippen LogP contribution < -0.4 is 0 Å². The Morgan fingerprint density at radius 1 is 1.00 bits per heavy atom. The van der Waals surface area contributed by atoms with Gasteiger partial charge in [-0.1, -0.05) is 70.3 Å². The van der Waals surface area contributed by atoms with E-state index in [4.69, 9.17) is 4.43 Å². The highest BCUT2D eigenvalue weighted by atomic mass is 28.4. The molecular formula is C27H42O3Si. The topological polar surface area (TPSA) is 35.5 Å². The van der Waals surface area contributed by atoms with Crippen LogP contribution in [0.3, 0.4) is 0 Å². The predicted molar refractivity (Wildman–Crippen MR) is 134 cm³/mol. The van der Waals surface area contributed by atoms with Gasteiger partial charge in [0.25, 0.3) is 0 Å². The molecule has 0 aliphatic rings. The third-order valence-electron chi connectivity index (χ3n) is 5.25. The molecule has 0 bridgehead atoms. The van der Waals surface area contributed by atoms with Crippen LogP contribution >= 0.6 is 0 Å². The van der Waals surface area contributed by atoms with Crippen molar-refractivity contribution in [1.82, 2.24) is 0 Å². The van der Waals surface area contributed by atoms with Gasteiger partial charge in [0.1, 0.15) is 6.10 Å². The van der Waals surface area contributed by atoms with E-state index in [0.29, 0.717) is 25.7 Å². The van der Waals surface area contributed by atoms with Gasteiger partial charge in [-0.05, 0) is 37.0 Å². The molecule has 3 nitrogen and oxygen atoms in total. The van der Waals surface area contributed by atoms with Crippen molar-refractivity contribution >= 4 is 14.3 Å². The third kappa shape index (κ3) is 15.5. The van der Waals surface area contributed by atoms with Crippen LogP contribution in [0.1, 0.15) is 85.5 Å². The number of hydrogen-bond acceptors (Lipinski definition) is 3. The minimum Gasteiger partial charge on any atom is -0.469 e. The largest absolute Gasteiger partial charge is 0.469 e. The maximum absolute atomic E-state index is 11.1. The number of ether oxygens (including phenoxy) is 1. The molecule has 0 N–H and O–H groups in total.